The fourth-order valence-electron chi connectivity index (χ4n) is 3.74. The molecule has 1 saturated heterocycles. The topological polar surface area (TPSA) is 105 Å². The molecule has 33 heavy (non-hydrogen) atoms. The Morgan fingerprint density at radius 3 is 2.42 bits per heavy atom. The lowest BCUT2D eigenvalue weighted by Gasteiger charge is -2.32. The van der Waals surface area contributed by atoms with E-state index in [1.807, 2.05) is 0 Å². The average Bonchev–Trinajstić information content (AvgIpc) is 2.84. The summed E-state index contributed by atoms with van der Waals surface area (Å²) in [6.07, 6.45) is 3.50. The van der Waals surface area contributed by atoms with Gasteiger partial charge < -0.3 is 15.0 Å². The number of rotatable bonds is 9. The molecule has 1 heterocycles. The van der Waals surface area contributed by atoms with Gasteiger partial charge in [-0.2, -0.15) is 0 Å². The summed E-state index contributed by atoms with van der Waals surface area (Å²) in [7, 11) is -2.25. The van der Waals surface area contributed by atoms with E-state index in [0.717, 1.165) is 25.7 Å². The predicted octanol–water partition coefficient (Wildman–Crippen LogP) is 3.26. The Morgan fingerprint density at radius 2 is 1.79 bits per heavy atom. The third-order valence-electron chi connectivity index (χ3n) is 5.66. The smallest absolute Gasteiger partial charge is 0.261 e. The minimum atomic E-state index is -3.76. The number of sulfonamides is 1. The van der Waals surface area contributed by atoms with Gasteiger partial charge in [0.1, 0.15) is 5.75 Å². The molecule has 0 bridgehead atoms. The summed E-state index contributed by atoms with van der Waals surface area (Å²) in [5.41, 5.74) is 0.809. The van der Waals surface area contributed by atoms with E-state index in [-0.39, 0.29) is 22.6 Å². The van der Waals surface area contributed by atoms with E-state index in [1.165, 1.54) is 19.2 Å². The molecule has 0 aromatic heterocycles. The fraction of sp³-hybridized carbons (Fsp3) is 0.417. The number of methoxy groups -OCH3 is 1. The quantitative estimate of drug-likeness (QED) is 0.544. The van der Waals surface area contributed by atoms with Crippen LogP contribution in [0.3, 0.4) is 0 Å². The lowest BCUT2D eigenvalue weighted by atomic mass is 9.96. The second kappa shape index (κ2) is 11.2. The number of ether oxygens (including phenoxy) is 1. The molecule has 1 aliphatic rings. The predicted molar refractivity (Wildman–Crippen MR) is 127 cm³/mol. The van der Waals surface area contributed by atoms with Crippen LogP contribution in [0.15, 0.2) is 53.4 Å². The highest BCUT2D eigenvalue weighted by molar-refractivity contribution is 7.92. The highest BCUT2D eigenvalue weighted by atomic mass is 32.2. The van der Waals surface area contributed by atoms with Gasteiger partial charge >= 0.3 is 0 Å². The van der Waals surface area contributed by atoms with Crippen LogP contribution in [0, 0.1) is 5.92 Å². The average molecular weight is 474 g/mol. The molecule has 0 unspecified atom stereocenters. The molecular formula is C24H31N3O5S. The molecular weight excluding hydrogens is 442 g/mol. The molecule has 2 N–H and O–H groups in total. The van der Waals surface area contributed by atoms with Crippen molar-refractivity contribution in [2.24, 2.45) is 5.92 Å². The number of hydrogen-bond acceptors (Lipinski definition) is 5. The van der Waals surface area contributed by atoms with E-state index in [9.17, 15) is 18.0 Å². The molecule has 8 nitrogen and oxygen atoms in total. The van der Waals surface area contributed by atoms with Gasteiger partial charge in [0.15, 0.2) is 0 Å². The van der Waals surface area contributed by atoms with Crippen LogP contribution >= 0.6 is 0 Å². The Morgan fingerprint density at radius 1 is 1.09 bits per heavy atom. The molecule has 9 heteroatoms. The highest BCUT2D eigenvalue weighted by Gasteiger charge is 2.28. The number of nitrogens with zero attached hydrogens (tertiary/aromatic N) is 1. The summed E-state index contributed by atoms with van der Waals surface area (Å²) in [5.74, 6) is 0.209. The van der Waals surface area contributed by atoms with Crippen molar-refractivity contribution in [3.8, 4) is 5.75 Å². The third kappa shape index (κ3) is 6.47. The molecule has 1 aliphatic heterocycles. The van der Waals surface area contributed by atoms with Crippen molar-refractivity contribution in [3.05, 3.63) is 54.1 Å². The van der Waals surface area contributed by atoms with Crippen molar-refractivity contribution in [2.45, 2.75) is 37.5 Å². The SMILES string of the molecule is CCCCNC(=O)[C@H]1CCCN(C(=O)c2ccc(NS(=O)(=O)c3ccc(OC)cc3)cc2)C1. The van der Waals surface area contributed by atoms with Crippen molar-refractivity contribution in [3.63, 3.8) is 0 Å². The minimum absolute atomic E-state index is 0.00392. The number of amides is 2. The van der Waals surface area contributed by atoms with Crippen LogP contribution in [0.4, 0.5) is 5.69 Å². The van der Waals surface area contributed by atoms with Gasteiger partial charge in [0.2, 0.25) is 5.91 Å². The highest BCUT2D eigenvalue weighted by Crippen LogP contribution is 2.22. The number of carbonyl (C=O) groups is 2. The molecule has 1 fully saturated rings. The standard InChI is InChI=1S/C24H31N3O5S/c1-3-4-15-25-23(28)19-6-5-16-27(17-19)24(29)18-7-9-20(10-8-18)26-33(30,31)22-13-11-21(32-2)12-14-22/h7-14,19,26H,3-6,15-17H2,1-2H3,(H,25,28)/t19-/m0/s1. The van der Waals surface area contributed by atoms with E-state index in [1.54, 1.807) is 41.3 Å². The summed E-state index contributed by atoms with van der Waals surface area (Å²) in [4.78, 5) is 27.1. The monoisotopic (exact) mass is 473 g/mol. The Bertz CT molecular complexity index is 1050. The first kappa shape index (κ1) is 24.6. The normalized spacial score (nSPS) is 16.2. The second-order valence-electron chi connectivity index (χ2n) is 8.09. The van der Waals surface area contributed by atoms with Crippen LogP contribution in [0.1, 0.15) is 43.0 Å². The van der Waals surface area contributed by atoms with Gasteiger partial charge in [-0.15, -0.1) is 0 Å². The van der Waals surface area contributed by atoms with Gasteiger partial charge in [0, 0.05) is 30.9 Å². The Balaban J connectivity index is 1.61. The molecule has 178 valence electrons. The van der Waals surface area contributed by atoms with Crippen molar-refractivity contribution < 1.29 is 22.7 Å². The number of nitrogens with one attached hydrogen (secondary N) is 2. The first-order chi connectivity index (χ1) is 15.8. The van der Waals surface area contributed by atoms with Crippen LogP contribution in [0.5, 0.6) is 5.75 Å². The Labute approximate surface area is 195 Å². The zero-order valence-corrected chi connectivity index (χ0v) is 19.9. The molecule has 2 aromatic rings. The van der Waals surface area contributed by atoms with E-state index >= 15 is 0 Å². The fourth-order valence-corrected chi connectivity index (χ4v) is 4.80. The maximum atomic E-state index is 13.0. The zero-order valence-electron chi connectivity index (χ0n) is 19.0. The summed E-state index contributed by atoms with van der Waals surface area (Å²) in [6, 6.07) is 12.4. The Hall–Kier alpha value is -3.07. The van der Waals surface area contributed by atoms with E-state index in [4.69, 9.17) is 4.74 Å². The summed E-state index contributed by atoms with van der Waals surface area (Å²) < 4.78 is 32.8. The molecule has 0 aliphatic carbocycles. The molecule has 2 amide bonds. The molecule has 0 saturated carbocycles. The molecule has 2 aromatic carbocycles. The molecule has 1 atom stereocenters. The molecule has 0 radical (unpaired) electrons. The van der Waals surface area contributed by atoms with Crippen LogP contribution in [0.2, 0.25) is 0 Å². The van der Waals surface area contributed by atoms with Crippen LogP contribution < -0.4 is 14.8 Å². The Kier molecular flexibility index (Phi) is 8.32. The van der Waals surface area contributed by atoms with Crippen LogP contribution in [-0.4, -0.2) is 51.9 Å². The second-order valence-corrected chi connectivity index (χ2v) is 9.78. The number of piperidine rings is 1. The zero-order chi connectivity index (χ0) is 23.8. The molecule has 0 spiro atoms. The van der Waals surface area contributed by atoms with E-state index < -0.39 is 10.0 Å². The maximum absolute atomic E-state index is 13.0. The summed E-state index contributed by atoms with van der Waals surface area (Å²) >= 11 is 0. The first-order valence-electron chi connectivity index (χ1n) is 11.2. The summed E-state index contributed by atoms with van der Waals surface area (Å²) in [5, 5.41) is 2.95. The lowest BCUT2D eigenvalue weighted by molar-refractivity contribution is -0.126. The number of likely N-dealkylation sites (tertiary alicyclic amines) is 1. The van der Waals surface area contributed by atoms with Gasteiger partial charge in [-0.25, -0.2) is 8.42 Å². The largest absolute Gasteiger partial charge is 0.497 e. The first-order valence-corrected chi connectivity index (χ1v) is 12.7. The van der Waals surface area contributed by atoms with Crippen LogP contribution in [-0.2, 0) is 14.8 Å². The van der Waals surface area contributed by atoms with E-state index in [2.05, 4.69) is 17.0 Å². The van der Waals surface area contributed by atoms with Gasteiger partial charge in [-0.05, 0) is 67.8 Å². The number of hydrogen-bond donors (Lipinski definition) is 2. The van der Waals surface area contributed by atoms with Crippen molar-refractivity contribution in [2.75, 3.05) is 31.5 Å². The summed E-state index contributed by atoms with van der Waals surface area (Å²) in [6.45, 7) is 3.72. The van der Waals surface area contributed by atoms with Gasteiger partial charge in [0.05, 0.1) is 17.9 Å². The lowest BCUT2D eigenvalue weighted by Crippen LogP contribution is -2.45. The minimum Gasteiger partial charge on any atom is -0.497 e. The number of benzene rings is 2. The van der Waals surface area contributed by atoms with E-state index in [0.29, 0.717) is 36.6 Å². The van der Waals surface area contributed by atoms with Crippen molar-refractivity contribution in [1.82, 2.24) is 10.2 Å². The van der Waals surface area contributed by atoms with Gasteiger partial charge in [0.25, 0.3) is 15.9 Å². The number of anilines is 1. The third-order valence-corrected chi connectivity index (χ3v) is 7.06. The number of carbonyl (C=O) groups excluding carboxylic acids is 2. The van der Waals surface area contributed by atoms with Gasteiger partial charge in [-0.3, -0.25) is 14.3 Å². The van der Waals surface area contributed by atoms with Gasteiger partial charge in [-0.1, -0.05) is 13.3 Å². The maximum Gasteiger partial charge on any atom is 0.261 e. The number of unbranched alkanes of at least 4 members (excludes halogenated alkanes) is 1. The molecule has 3 rings (SSSR count). The van der Waals surface area contributed by atoms with Crippen molar-refractivity contribution >= 4 is 27.5 Å². The van der Waals surface area contributed by atoms with Crippen LogP contribution in [0.25, 0.3) is 0 Å². The van der Waals surface area contributed by atoms with Crippen molar-refractivity contribution in [1.29, 1.82) is 0 Å².